The number of thiazole rings is 1. The van der Waals surface area contributed by atoms with Crippen molar-refractivity contribution in [2.24, 2.45) is 0 Å². The van der Waals surface area contributed by atoms with Gasteiger partial charge in [0.15, 0.2) is 27.1 Å². The number of nitrogens with zero attached hydrogens (tertiary/aromatic N) is 4. The molecule has 7 nitrogen and oxygen atoms in total. The van der Waals surface area contributed by atoms with Crippen molar-refractivity contribution >= 4 is 32.6 Å². The number of benzene rings is 1. The van der Waals surface area contributed by atoms with Crippen LogP contribution in [0.1, 0.15) is 37.1 Å². The topological polar surface area (TPSA) is 77.3 Å². The molecule has 176 valence electrons. The highest BCUT2D eigenvalue weighted by Crippen LogP contribution is 2.33. The van der Waals surface area contributed by atoms with Gasteiger partial charge in [0.2, 0.25) is 0 Å². The van der Waals surface area contributed by atoms with Crippen molar-refractivity contribution in [3.05, 3.63) is 51.8 Å². The molecule has 1 aromatic carbocycles. The molecule has 1 saturated heterocycles. The largest absolute Gasteiger partial charge is 0.383 e. The van der Waals surface area contributed by atoms with Crippen LogP contribution >= 0.6 is 11.3 Å². The number of ether oxygens (including phenoxy) is 1. The molecule has 0 amide bonds. The number of aromatic nitrogens is 3. The molecule has 1 aliphatic rings. The van der Waals surface area contributed by atoms with E-state index in [2.05, 4.69) is 9.97 Å². The van der Waals surface area contributed by atoms with Gasteiger partial charge in [0.25, 0.3) is 12.0 Å². The molecule has 0 radical (unpaired) electrons. The Morgan fingerprint density at radius 1 is 1.27 bits per heavy atom. The highest BCUT2D eigenvalue weighted by Gasteiger charge is 2.33. The average molecular weight is 481 g/mol. The summed E-state index contributed by atoms with van der Waals surface area (Å²) < 4.78 is 46.0. The number of halogens is 3. The van der Waals surface area contributed by atoms with Gasteiger partial charge in [-0.2, -0.15) is 0 Å². The lowest BCUT2D eigenvalue weighted by atomic mass is 10.0. The van der Waals surface area contributed by atoms with Crippen LogP contribution in [0.4, 0.5) is 18.3 Å². The number of Topliss-reactive ketones (excluding diaryl/α,β-unsaturated/α-hetero) is 1. The lowest BCUT2D eigenvalue weighted by Gasteiger charge is -2.22. The Labute approximate surface area is 191 Å². The predicted octanol–water partition coefficient (Wildman–Crippen LogP) is 3.75. The molecular formula is C22H23F3N4O3S. The number of fused-ring (bicyclic) bond motifs is 1. The van der Waals surface area contributed by atoms with Crippen molar-refractivity contribution < 1.29 is 22.7 Å². The average Bonchev–Trinajstić information content (AvgIpc) is 3.45. The van der Waals surface area contributed by atoms with Gasteiger partial charge in [0, 0.05) is 20.1 Å². The van der Waals surface area contributed by atoms with E-state index >= 15 is 0 Å². The molecule has 33 heavy (non-hydrogen) atoms. The normalized spacial score (nSPS) is 16.3. The van der Waals surface area contributed by atoms with Crippen LogP contribution in [0, 0.1) is 5.82 Å². The van der Waals surface area contributed by atoms with Crippen molar-refractivity contribution in [3.63, 3.8) is 0 Å². The minimum atomic E-state index is -2.92. The molecule has 3 aromatic rings. The molecule has 0 bridgehead atoms. The van der Waals surface area contributed by atoms with Gasteiger partial charge in [-0.25, -0.2) is 23.1 Å². The first-order valence-electron chi connectivity index (χ1n) is 10.6. The summed E-state index contributed by atoms with van der Waals surface area (Å²) in [5, 5.41) is 0.428. The molecule has 4 rings (SSSR count). The summed E-state index contributed by atoms with van der Waals surface area (Å²) >= 11 is 1.04. The first kappa shape index (κ1) is 23.4. The fourth-order valence-electron chi connectivity index (χ4n) is 4.02. The van der Waals surface area contributed by atoms with Gasteiger partial charge in [0.1, 0.15) is 5.82 Å². The summed E-state index contributed by atoms with van der Waals surface area (Å²) in [6.45, 7) is 0.603. The van der Waals surface area contributed by atoms with Gasteiger partial charge < -0.3 is 9.64 Å². The maximum absolute atomic E-state index is 13.5. The first-order chi connectivity index (χ1) is 15.9. The summed E-state index contributed by atoms with van der Waals surface area (Å²) in [5.41, 5.74) is 0.239. The number of aryl methyl sites for hydroxylation is 1. The second-order valence-corrected chi connectivity index (χ2v) is 8.77. The third-order valence-electron chi connectivity index (χ3n) is 5.70. The molecule has 3 heterocycles. The highest BCUT2D eigenvalue weighted by molar-refractivity contribution is 7.21. The molecule has 11 heteroatoms. The lowest BCUT2D eigenvalue weighted by Crippen LogP contribution is -2.36. The zero-order chi connectivity index (χ0) is 23.5. The fourth-order valence-corrected chi connectivity index (χ4v) is 5.03. The Bertz CT molecular complexity index is 1200. The number of hydrogen-bond donors (Lipinski definition) is 0. The molecule has 1 fully saturated rings. The summed E-state index contributed by atoms with van der Waals surface area (Å²) in [6.07, 6.45) is -0.720. The van der Waals surface area contributed by atoms with Gasteiger partial charge >= 0.3 is 0 Å². The van der Waals surface area contributed by atoms with E-state index in [1.165, 1.54) is 19.2 Å². The molecule has 1 aliphatic heterocycles. The number of hydrogen-bond acceptors (Lipinski definition) is 7. The molecule has 2 aromatic heterocycles. The maximum Gasteiger partial charge on any atom is 0.295 e. The Morgan fingerprint density at radius 3 is 2.73 bits per heavy atom. The number of carbonyl (C=O) groups excluding carboxylic acids is 1. The third kappa shape index (κ3) is 4.93. The number of ketones is 1. The summed E-state index contributed by atoms with van der Waals surface area (Å²) in [6, 6.07) is 5.63. The molecule has 1 atom stereocenters. The van der Waals surface area contributed by atoms with Crippen LogP contribution in [0.3, 0.4) is 0 Å². The minimum Gasteiger partial charge on any atom is -0.383 e. The maximum atomic E-state index is 13.5. The summed E-state index contributed by atoms with van der Waals surface area (Å²) in [5.74, 6) is -0.921. The van der Waals surface area contributed by atoms with E-state index in [0.29, 0.717) is 24.5 Å². The first-order valence-corrected chi connectivity index (χ1v) is 11.4. The van der Waals surface area contributed by atoms with Crippen LogP contribution in [0.15, 0.2) is 29.1 Å². The zero-order valence-electron chi connectivity index (χ0n) is 18.0. The van der Waals surface area contributed by atoms with Crippen molar-refractivity contribution in [1.29, 1.82) is 0 Å². The van der Waals surface area contributed by atoms with E-state index < -0.39 is 23.9 Å². The quantitative estimate of drug-likeness (QED) is 0.464. The van der Waals surface area contributed by atoms with Crippen LogP contribution in [0.5, 0.6) is 0 Å². The van der Waals surface area contributed by atoms with Crippen LogP contribution < -0.4 is 10.5 Å². The van der Waals surface area contributed by atoms with Gasteiger partial charge in [-0.05, 0) is 37.0 Å². The van der Waals surface area contributed by atoms with Gasteiger partial charge in [-0.1, -0.05) is 23.5 Å². The Morgan fingerprint density at radius 2 is 2.03 bits per heavy atom. The summed E-state index contributed by atoms with van der Waals surface area (Å²) in [7, 11) is 1.42. The van der Waals surface area contributed by atoms with Crippen molar-refractivity contribution in [2.75, 3.05) is 25.2 Å². The molecule has 0 saturated carbocycles. The van der Waals surface area contributed by atoms with Gasteiger partial charge in [0.05, 0.1) is 19.2 Å². The third-order valence-corrected chi connectivity index (χ3v) is 6.68. The molecular weight excluding hydrogens is 457 g/mol. The van der Waals surface area contributed by atoms with E-state index in [0.717, 1.165) is 27.9 Å². The van der Waals surface area contributed by atoms with Crippen molar-refractivity contribution in [1.82, 2.24) is 14.5 Å². The zero-order valence-corrected chi connectivity index (χ0v) is 18.8. The molecule has 0 N–H and O–H groups in total. The molecule has 0 aliphatic carbocycles. The number of rotatable bonds is 9. The van der Waals surface area contributed by atoms with E-state index in [1.54, 1.807) is 12.1 Å². The standard InChI is InChI=1S/C22H23F3N4O3S/c1-32-12-11-29-19(18(24)25)27-20-17(21(29)31)26-22(33-20)28-10-2-3-15(28)16(30)9-6-13-4-7-14(23)8-5-13/h4-5,7-8,15,18H,2-3,6,9-12H2,1H3/t15-/m1/s1. The second-order valence-electron chi connectivity index (χ2n) is 7.81. The van der Waals surface area contributed by atoms with E-state index in [1.807, 2.05) is 4.90 Å². The van der Waals surface area contributed by atoms with E-state index in [9.17, 15) is 22.8 Å². The SMILES string of the molecule is COCCn1c(C(F)F)nc2sc(N3CCC[C@@H]3C(=O)CCc3ccc(F)cc3)nc2c1=O. The number of alkyl halides is 2. The summed E-state index contributed by atoms with van der Waals surface area (Å²) in [4.78, 5) is 36.1. The highest BCUT2D eigenvalue weighted by atomic mass is 32.1. The lowest BCUT2D eigenvalue weighted by molar-refractivity contribution is -0.120. The van der Waals surface area contributed by atoms with Crippen molar-refractivity contribution in [3.8, 4) is 0 Å². The van der Waals surface area contributed by atoms with Gasteiger partial charge in [-0.3, -0.25) is 14.2 Å². The number of carbonyl (C=O) groups is 1. The van der Waals surface area contributed by atoms with Crippen molar-refractivity contribution in [2.45, 2.75) is 44.7 Å². The minimum absolute atomic E-state index is 0.0138. The molecule has 0 unspecified atom stereocenters. The number of anilines is 1. The molecule has 0 spiro atoms. The monoisotopic (exact) mass is 480 g/mol. The predicted molar refractivity (Wildman–Crippen MR) is 119 cm³/mol. The Kier molecular flexibility index (Phi) is 7.08. The Balaban J connectivity index is 1.58. The van der Waals surface area contributed by atoms with Crippen LogP contribution in [-0.4, -0.2) is 46.6 Å². The second kappa shape index (κ2) is 10.0. The van der Waals surface area contributed by atoms with Crippen LogP contribution in [0.25, 0.3) is 10.3 Å². The number of methoxy groups -OCH3 is 1. The van der Waals surface area contributed by atoms with Gasteiger partial charge in [-0.15, -0.1) is 0 Å². The fraction of sp³-hybridized carbons (Fsp3) is 0.455. The Hall–Kier alpha value is -2.79. The van der Waals surface area contributed by atoms with Crippen LogP contribution in [0.2, 0.25) is 0 Å². The van der Waals surface area contributed by atoms with E-state index in [4.69, 9.17) is 4.74 Å². The smallest absolute Gasteiger partial charge is 0.295 e. The van der Waals surface area contributed by atoms with Crippen LogP contribution in [-0.2, 0) is 22.5 Å². The van der Waals surface area contributed by atoms with E-state index in [-0.39, 0.29) is 41.5 Å².